The van der Waals surface area contributed by atoms with Crippen LogP contribution in [0.3, 0.4) is 0 Å². The molecule has 2 heterocycles. The van der Waals surface area contributed by atoms with Crippen LogP contribution in [0.2, 0.25) is 0 Å². The van der Waals surface area contributed by atoms with Crippen molar-refractivity contribution in [2.24, 2.45) is 0 Å². The number of nitrogens with zero attached hydrogens (tertiary/aromatic N) is 2. The number of benzene rings is 2. The zero-order chi connectivity index (χ0) is 23.8. The Labute approximate surface area is 198 Å². The number of fused-ring (bicyclic) bond motifs is 1. The molecular weight excluding hydrogens is 433 g/mol. The van der Waals surface area contributed by atoms with Gasteiger partial charge in [-0.2, -0.15) is 0 Å². The summed E-state index contributed by atoms with van der Waals surface area (Å²) in [6.07, 6.45) is 3.61. The Morgan fingerprint density at radius 1 is 0.941 bits per heavy atom. The summed E-state index contributed by atoms with van der Waals surface area (Å²) in [5.41, 5.74) is 4.73. The van der Waals surface area contributed by atoms with Crippen LogP contribution in [-0.4, -0.2) is 37.3 Å². The second-order valence-electron chi connectivity index (χ2n) is 7.73. The molecule has 0 aliphatic rings. The first-order valence-electron chi connectivity index (χ1n) is 11.0. The number of methoxy groups -OCH3 is 2. The van der Waals surface area contributed by atoms with Crippen molar-refractivity contribution in [2.75, 3.05) is 43.3 Å². The Hall–Kier alpha value is -3.91. The smallest absolute Gasteiger partial charge is 0.128 e. The van der Waals surface area contributed by atoms with Gasteiger partial charge in [0.2, 0.25) is 0 Å². The van der Waals surface area contributed by atoms with E-state index in [1.165, 1.54) is 19.2 Å². The molecule has 8 heteroatoms. The fourth-order valence-corrected chi connectivity index (χ4v) is 3.62. The molecule has 4 rings (SSSR count). The molecule has 2 aromatic carbocycles. The lowest BCUT2D eigenvalue weighted by atomic mass is 10.1. The average Bonchev–Trinajstić information content (AvgIpc) is 2.87. The predicted molar refractivity (Wildman–Crippen MR) is 134 cm³/mol. The van der Waals surface area contributed by atoms with Crippen LogP contribution >= 0.6 is 0 Å². The van der Waals surface area contributed by atoms with Gasteiger partial charge in [0, 0.05) is 73.6 Å². The van der Waals surface area contributed by atoms with Crippen LogP contribution < -0.4 is 20.7 Å². The van der Waals surface area contributed by atoms with Crippen molar-refractivity contribution in [1.82, 2.24) is 9.97 Å². The van der Waals surface area contributed by atoms with Crippen LogP contribution in [0.1, 0.15) is 11.1 Å². The number of pyridine rings is 2. The minimum absolute atomic E-state index is 0.331. The molecule has 176 valence electrons. The molecule has 0 aliphatic heterocycles. The maximum absolute atomic E-state index is 13.5. The standard InChI is InChI=1S/C26H28FN5O2/c1-33-11-10-29-24-14-26(31-17-19-5-6-20(27)12-25(19)34-2)32-23-8-7-21(13-22(23)24)30-16-18-4-3-9-28-15-18/h3-9,12-15,30H,10-11,16-17H2,1-2H3,(H2,29,31,32). The van der Waals surface area contributed by atoms with Gasteiger partial charge in [0.15, 0.2) is 0 Å². The fourth-order valence-electron chi connectivity index (χ4n) is 3.62. The summed E-state index contributed by atoms with van der Waals surface area (Å²) in [4.78, 5) is 8.94. The van der Waals surface area contributed by atoms with E-state index in [1.807, 2.05) is 36.5 Å². The second-order valence-corrected chi connectivity index (χ2v) is 7.73. The summed E-state index contributed by atoms with van der Waals surface area (Å²) in [6.45, 7) is 2.37. The summed E-state index contributed by atoms with van der Waals surface area (Å²) >= 11 is 0. The van der Waals surface area contributed by atoms with E-state index in [9.17, 15) is 4.39 Å². The van der Waals surface area contributed by atoms with Crippen LogP contribution in [-0.2, 0) is 17.8 Å². The van der Waals surface area contributed by atoms with Crippen LogP contribution in [0.15, 0.2) is 67.0 Å². The molecule has 0 saturated heterocycles. The lowest BCUT2D eigenvalue weighted by Gasteiger charge is -2.15. The molecule has 34 heavy (non-hydrogen) atoms. The number of nitrogens with one attached hydrogen (secondary N) is 3. The predicted octanol–water partition coefficient (Wildman–Crippen LogP) is 5.06. The second kappa shape index (κ2) is 11.3. The van der Waals surface area contributed by atoms with Gasteiger partial charge in [-0.15, -0.1) is 0 Å². The Kier molecular flexibility index (Phi) is 7.72. The van der Waals surface area contributed by atoms with E-state index in [-0.39, 0.29) is 5.82 Å². The van der Waals surface area contributed by atoms with E-state index >= 15 is 0 Å². The lowest BCUT2D eigenvalue weighted by Crippen LogP contribution is -2.10. The zero-order valence-corrected chi connectivity index (χ0v) is 19.3. The van der Waals surface area contributed by atoms with Gasteiger partial charge in [0.05, 0.1) is 19.2 Å². The third-order valence-electron chi connectivity index (χ3n) is 5.36. The van der Waals surface area contributed by atoms with Crippen molar-refractivity contribution in [2.45, 2.75) is 13.1 Å². The lowest BCUT2D eigenvalue weighted by molar-refractivity contribution is 0.211. The van der Waals surface area contributed by atoms with E-state index < -0.39 is 0 Å². The SMILES string of the molecule is COCCNc1cc(NCc2ccc(F)cc2OC)nc2ccc(NCc3cccnc3)cc12. The first-order valence-corrected chi connectivity index (χ1v) is 11.0. The number of rotatable bonds is 11. The largest absolute Gasteiger partial charge is 0.496 e. The van der Waals surface area contributed by atoms with Crippen molar-refractivity contribution in [3.63, 3.8) is 0 Å². The normalized spacial score (nSPS) is 10.8. The summed E-state index contributed by atoms with van der Waals surface area (Å²) in [6, 6.07) is 16.5. The molecule has 7 nitrogen and oxygen atoms in total. The number of aromatic nitrogens is 2. The molecule has 4 aromatic rings. The highest BCUT2D eigenvalue weighted by Crippen LogP contribution is 2.29. The van der Waals surface area contributed by atoms with Crippen molar-refractivity contribution in [3.05, 3.63) is 83.9 Å². The molecule has 0 atom stereocenters. The third kappa shape index (κ3) is 5.90. The minimum atomic E-state index is -0.331. The molecule has 0 saturated carbocycles. The van der Waals surface area contributed by atoms with Crippen LogP contribution in [0.5, 0.6) is 5.75 Å². The van der Waals surface area contributed by atoms with Gasteiger partial charge in [-0.1, -0.05) is 12.1 Å². The van der Waals surface area contributed by atoms with Gasteiger partial charge in [-0.05, 0) is 35.9 Å². The first-order chi connectivity index (χ1) is 16.7. The van der Waals surface area contributed by atoms with E-state index in [1.54, 1.807) is 19.4 Å². The van der Waals surface area contributed by atoms with Crippen molar-refractivity contribution < 1.29 is 13.9 Å². The van der Waals surface area contributed by atoms with Gasteiger partial charge in [0.25, 0.3) is 0 Å². The number of halogens is 1. The number of ether oxygens (including phenoxy) is 2. The summed E-state index contributed by atoms with van der Waals surface area (Å²) < 4.78 is 24.0. The number of hydrogen-bond acceptors (Lipinski definition) is 7. The summed E-state index contributed by atoms with van der Waals surface area (Å²) in [7, 11) is 3.21. The topological polar surface area (TPSA) is 80.3 Å². The Balaban J connectivity index is 1.57. The molecule has 0 radical (unpaired) electrons. The van der Waals surface area contributed by atoms with Crippen molar-refractivity contribution in [3.8, 4) is 5.75 Å². The Morgan fingerprint density at radius 3 is 2.65 bits per heavy atom. The van der Waals surface area contributed by atoms with Gasteiger partial charge < -0.3 is 25.4 Å². The number of anilines is 3. The van der Waals surface area contributed by atoms with Crippen LogP contribution in [0.25, 0.3) is 10.9 Å². The summed E-state index contributed by atoms with van der Waals surface area (Å²) in [5, 5.41) is 11.2. The van der Waals surface area contributed by atoms with E-state index in [2.05, 4.69) is 27.0 Å². The highest BCUT2D eigenvalue weighted by molar-refractivity contribution is 5.95. The quantitative estimate of drug-likeness (QED) is 0.269. The average molecular weight is 462 g/mol. The molecule has 0 fully saturated rings. The van der Waals surface area contributed by atoms with Crippen molar-refractivity contribution in [1.29, 1.82) is 0 Å². The molecular formula is C26H28FN5O2. The highest BCUT2D eigenvalue weighted by atomic mass is 19.1. The third-order valence-corrected chi connectivity index (χ3v) is 5.36. The zero-order valence-electron chi connectivity index (χ0n) is 19.3. The van der Waals surface area contributed by atoms with E-state index in [0.717, 1.165) is 33.4 Å². The van der Waals surface area contributed by atoms with E-state index in [0.29, 0.717) is 37.8 Å². The van der Waals surface area contributed by atoms with E-state index in [4.69, 9.17) is 14.5 Å². The molecule has 2 aromatic heterocycles. The van der Waals surface area contributed by atoms with Gasteiger partial charge in [-0.25, -0.2) is 9.37 Å². The van der Waals surface area contributed by atoms with Gasteiger partial charge in [0.1, 0.15) is 17.4 Å². The first kappa shape index (κ1) is 23.3. The van der Waals surface area contributed by atoms with Crippen LogP contribution in [0.4, 0.5) is 21.6 Å². The number of hydrogen-bond donors (Lipinski definition) is 3. The minimum Gasteiger partial charge on any atom is -0.496 e. The molecule has 3 N–H and O–H groups in total. The van der Waals surface area contributed by atoms with Gasteiger partial charge in [-0.3, -0.25) is 4.98 Å². The Morgan fingerprint density at radius 2 is 1.85 bits per heavy atom. The summed E-state index contributed by atoms with van der Waals surface area (Å²) in [5.74, 6) is 0.868. The maximum atomic E-state index is 13.5. The monoisotopic (exact) mass is 461 g/mol. The molecule has 0 bridgehead atoms. The molecule has 0 amide bonds. The molecule has 0 aliphatic carbocycles. The van der Waals surface area contributed by atoms with Crippen LogP contribution in [0, 0.1) is 5.82 Å². The van der Waals surface area contributed by atoms with Crippen molar-refractivity contribution >= 4 is 28.1 Å². The maximum Gasteiger partial charge on any atom is 0.128 e. The molecule has 0 spiro atoms. The Bertz CT molecular complexity index is 1240. The fraction of sp³-hybridized carbons (Fsp3) is 0.231. The molecule has 0 unspecified atom stereocenters. The van der Waals surface area contributed by atoms with Gasteiger partial charge >= 0.3 is 0 Å². The highest BCUT2D eigenvalue weighted by Gasteiger charge is 2.09.